The van der Waals surface area contributed by atoms with Crippen LogP contribution in [0.3, 0.4) is 0 Å². The fourth-order valence-electron chi connectivity index (χ4n) is 4.90. The standard InChI is InChI=1S/C26H27NO2/c1-2-28-16-17-29-24-15-7-14-23-20-11-6-13-22(20)25(27-26(23)24)21-12-5-9-18-8-3-4-10-19(18)21/h3-12,14-15,20,22,25,27H,2,13,16-17H2,1H3. The zero-order valence-electron chi connectivity index (χ0n) is 16.8. The summed E-state index contributed by atoms with van der Waals surface area (Å²) in [7, 11) is 0. The molecule has 0 bridgehead atoms. The van der Waals surface area contributed by atoms with Gasteiger partial charge in [-0.2, -0.15) is 0 Å². The van der Waals surface area contributed by atoms with Crippen molar-refractivity contribution in [1.82, 2.24) is 0 Å². The van der Waals surface area contributed by atoms with Crippen LogP contribution < -0.4 is 10.1 Å². The predicted octanol–water partition coefficient (Wildman–Crippen LogP) is 6.08. The van der Waals surface area contributed by atoms with Crippen LogP contribution in [0.15, 0.2) is 72.8 Å². The van der Waals surface area contributed by atoms with E-state index in [-0.39, 0.29) is 6.04 Å². The van der Waals surface area contributed by atoms with Crippen LogP contribution in [-0.2, 0) is 4.74 Å². The summed E-state index contributed by atoms with van der Waals surface area (Å²) in [4.78, 5) is 0. The molecule has 1 N–H and O–H groups in total. The van der Waals surface area contributed by atoms with Crippen molar-refractivity contribution >= 4 is 16.5 Å². The first-order valence-corrected chi connectivity index (χ1v) is 10.6. The third kappa shape index (κ3) is 3.30. The van der Waals surface area contributed by atoms with Gasteiger partial charge in [0.15, 0.2) is 0 Å². The summed E-state index contributed by atoms with van der Waals surface area (Å²) in [5.41, 5.74) is 3.85. The highest BCUT2D eigenvalue weighted by Crippen LogP contribution is 2.52. The molecule has 2 aliphatic rings. The number of nitrogens with one attached hydrogen (secondary N) is 1. The van der Waals surface area contributed by atoms with Gasteiger partial charge in [0.1, 0.15) is 12.4 Å². The average molecular weight is 386 g/mol. The molecule has 3 atom stereocenters. The second kappa shape index (κ2) is 7.92. The Hall–Kier alpha value is -2.78. The van der Waals surface area contributed by atoms with Gasteiger partial charge in [-0.05, 0) is 47.2 Å². The SMILES string of the molecule is CCOCCOc1cccc2c1NC(c1cccc3ccccc13)C1CC=CC21. The number of rotatable bonds is 6. The van der Waals surface area contributed by atoms with Crippen LogP contribution in [0.1, 0.15) is 36.4 Å². The minimum Gasteiger partial charge on any atom is -0.489 e. The van der Waals surface area contributed by atoms with Crippen molar-refractivity contribution in [2.45, 2.75) is 25.3 Å². The van der Waals surface area contributed by atoms with E-state index in [2.05, 4.69) is 78.1 Å². The lowest BCUT2D eigenvalue weighted by molar-refractivity contribution is 0.110. The monoisotopic (exact) mass is 385 g/mol. The average Bonchev–Trinajstić information content (AvgIpc) is 3.26. The van der Waals surface area contributed by atoms with Gasteiger partial charge in [-0.15, -0.1) is 0 Å². The summed E-state index contributed by atoms with van der Waals surface area (Å²) in [6.07, 6.45) is 5.82. The Morgan fingerprint density at radius 1 is 0.931 bits per heavy atom. The Morgan fingerprint density at radius 2 is 1.76 bits per heavy atom. The molecule has 0 amide bonds. The van der Waals surface area contributed by atoms with Crippen molar-refractivity contribution in [3.63, 3.8) is 0 Å². The number of fused-ring (bicyclic) bond motifs is 4. The molecule has 5 rings (SSSR count). The van der Waals surface area contributed by atoms with Crippen molar-refractivity contribution in [2.75, 3.05) is 25.1 Å². The van der Waals surface area contributed by atoms with Crippen molar-refractivity contribution in [3.8, 4) is 5.75 Å². The first kappa shape index (κ1) is 18.3. The number of benzene rings is 3. The maximum Gasteiger partial charge on any atom is 0.142 e. The highest BCUT2D eigenvalue weighted by molar-refractivity contribution is 5.87. The van der Waals surface area contributed by atoms with E-state index in [9.17, 15) is 0 Å². The summed E-state index contributed by atoms with van der Waals surface area (Å²) >= 11 is 0. The Bertz CT molecular complexity index is 1040. The van der Waals surface area contributed by atoms with Gasteiger partial charge in [-0.1, -0.05) is 66.7 Å². The fraction of sp³-hybridized carbons (Fsp3) is 0.308. The lowest BCUT2D eigenvalue weighted by Gasteiger charge is -2.38. The van der Waals surface area contributed by atoms with Gasteiger partial charge in [0, 0.05) is 12.5 Å². The molecule has 0 saturated carbocycles. The summed E-state index contributed by atoms with van der Waals surface area (Å²) in [5, 5.41) is 6.50. The molecule has 1 aliphatic carbocycles. The second-order valence-electron chi connectivity index (χ2n) is 7.81. The maximum atomic E-state index is 6.12. The first-order chi connectivity index (χ1) is 14.4. The maximum absolute atomic E-state index is 6.12. The van der Waals surface area contributed by atoms with Crippen LogP contribution in [0, 0.1) is 5.92 Å². The third-order valence-corrected chi connectivity index (χ3v) is 6.21. The number of hydrogen-bond donors (Lipinski definition) is 1. The minimum absolute atomic E-state index is 0.255. The van der Waals surface area contributed by atoms with Gasteiger partial charge in [0.05, 0.1) is 18.3 Å². The van der Waals surface area contributed by atoms with Gasteiger partial charge < -0.3 is 14.8 Å². The molecule has 0 fully saturated rings. The summed E-state index contributed by atoms with van der Waals surface area (Å²) in [6, 6.07) is 22.0. The zero-order valence-corrected chi connectivity index (χ0v) is 16.8. The minimum atomic E-state index is 0.255. The van der Waals surface area contributed by atoms with Gasteiger partial charge >= 0.3 is 0 Å². The molecule has 0 spiro atoms. The number of anilines is 1. The highest BCUT2D eigenvalue weighted by atomic mass is 16.5. The summed E-state index contributed by atoms with van der Waals surface area (Å²) in [5.74, 6) is 1.86. The zero-order chi connectivity index (χ0) is 19.6. The Labute approximate surface area is 172 Å². The normalized spacial score (nSPS) is 22.2. The largest absolute Gasteiger partial charge is 0.489 e. The van der Waals surface area contributed by atoms with Crippen LogP contribution in [0.4, 0.5) is 5.69 Å². The lowest BCUT2D eigenvalue weighted by Crippen LogP contribution is -2.29. The molecule has 3 aromatic rings. The van der Waals surface area contributed by atoms with E-state index in [0.29, 0.717) is 31.7 Å². The van der Waals surface area contributed by atoms with Crippen LogP contribution >= 0.6 is 0 Å². The van der Waals surface area contributed by atoms with Crippen LogP contribution in [-0.4, -0.2) is 19.8 Å². The van der Waals surface area contributed by atoms with E-state index >= 15 is 0 Å². The topological polar surface area (TPSA) is 30.5 Å². The smallest absolute Gasteiger partial charge is 0.142 e. The van der Waals surface area contributed by atoms with E-state index in [4.69, 9.17) is 9.47 Å². The van der Waals surface area contributed by atoms with Gasteiger partial charge in [0.25, 0.3) is 0 Å². The molecule has 3 nitrogen and oxygen atoms in total. The number of allylic oxidation sites excluding steroid dienone is 2. The quantitative estimate of drug-likeness (QED) is 0.412. The van der Waals surface area contributed by atoms with E-state index in [1.807, 2.05) is 6.92 Å². The molecule has 148 valence electrons. The van der Waals surface area contributed by atoms with Crippen LogP contribution in [0.2, 0.25) is 0 Å². The number of para-hydroxylation sites is 1. The Balaban J connectivity index is 1.54. The van der Waals surface area contributed by atoms with Crippen LogP contribution in [0.5, 0.6) is 5.75 Å². The van der Waals surface area contributed by atoms with Crippen LogP contribution in [0.25, 0.3) is 10.8 Å². The third-order valence-electron chi connectivity index (χ3n) is 6.21. The molecule has 0 aromatic heterocycles. The molecular formula is C26H27NO2. The van der Waals surface area contributed by atoms with E-state index in [0.717, 1.165) is 17.9 Å². The summed E-state index contributed by atoms with van der Waals surface area (Å²) in [6.45, 7) is 3.90. The molecule has 3 aromatic carbocycles. The second-order valence-corrected chi connectivity index (χ2v) is 7.81. The Kier molecular flexibility index (Phi) is 4.99. The van der Waals surface area contributed by atoms with Crippen molar-refractivity contribution in [2.24, 2.45) is 5.92 Å². The van der Waals surface area contributed by atoms with Gasteiger partial charge in [-0.25, -0.2) is 0 Å². The van der Waals surface area contributed by atoms with E-state index < -0.39 is 0 Å². The van der Waals surface area contributed by atoms with Gasteiger partial charge in [0.2, 0.25) is 0 Å². The molecular weight excluding hydrogens is 358 g/mol. The Morgan fingerprint density at radius 3 is 2.69 bits per heavy atom. The van der Waals surface area contributed by atoms with Crippen molar-refractivity contribution in [3.05, 3.63) is 83.9 Å². The molecule has 0 saturated heterocycles. The van der Waals surface area contributed by atoms with Crippen molar-refractivity contribution in [1.29, 1.82) is 0 Å². The molecule has 3 heteroatoms. The number of ether oxygens (including phenoxy) is 2. The fourth-order valence-corrected chi connectivity index (χ4v) is 4.90. The highest BCUT2D eigenvalue weighted by Gasteiger charge is 2.39. The molecule has 1 heterocycles. The number of hydrogen-bond acceptors (Lipinski definition) is 3. The molecule has 29 heavy (non-hydrogen) atoms. The summed E-state index contributed by atoms with van der Waals surface area (Å²) < 4.78 is 11.6. The molecule has 3 unspecified atom stereocenters. The van der Waals surface area contributed by atoms with E-state index in [1.54, 1.807) is 0 Å². The van der Waals surface area contributed by atoms with Gasteiger partial charge in [-0.3, -0.25) is 0 Å². The molecule has 0 radical (unpaired) electrons. The predicted molar refractivity (Wildman–Crippen MR) is 119 cm³/mol. The first-order valence-electron chi connectivity index (χ1n) is 10.6. The van der Waals surface area contributed by atoms with Crippen molar-refractivity contribution < 1.29 is 9.47 Å². The lowest BCUT2D eigenvalue weighted by atomic mass is 9.76. The van der Waals surface area contributed by atoms with E-state index in [1.165, 1.54) is 21.9 Å². The molecule has 1 aliphatic heterocycles.